The van der Waals surface area contributed by atoms with E-state index >= 15 is 0 Å². The lowest BCUT2D eigenvalue weighted by Crippen LogP contribution is -2.02. The van der Waals surface area contributed by atoms with E-state index in [1.165, 1.54) is 0 Å². The van der Waals surface area contributed by atoms with Crippen LogP contribution in [0.1, 0.15) is 5.56 Å². The van der Waals surface area contributed by atoms with E-state index in [1.807, 2.05) is 121 Å². The second kappa shape index (κ2) is 11.8. The van der Waals surface area contributed by atoms with Crippen molar-refractivity contribution in [3.8, 4) is 45.7 Å². The Hall–Kier alpha value is -8.00. The summed E-state index contributed by atoms with van der Waals surface area (Å²) in [5.74, 6) is 0.417. The molecule has 0 bridgehead atoms. The van der Waals surface area contributed by atoms with Crippen molar-refractivity contribution in [3.05, 3.63) is 169 Å². The monoisotopic (exact) mass is 703 g/mol. The number of hydrogen-bond donors (Lipinski definition) is 0. The zero-order valence-electron chi connectivity index (χ0n) is 29.0. The normalized spacial score (nSPS) is 11.6. The van der Waals surface area contributed by atoms with Crippen LogP contribution < -0.4 is 0 Å². The van der Waals surface area contributed by atoms with Crippen molar-refractivity contribution in [2.24, 2.45) is 0 Å². The first-order chi connectivity index (χ1) is 27.2. The van der Waals surface area contributed by atoms with Crippen LogP contribution >= 0.6 is 0 Å². The first-order valence-corrected chi connectivity index (χ1v) is 17.8. The van der Waals surface area contributed by atoms with Crippen LogP contribution in [0, 0.1) is 17.9 Å². The van der Waals surface area contributed by atoms with Gasteiger partial charge in [-0.3, -0.25) is 0 Å². The highest BCUT2D eigenvalue weighted by Gasteiger charge is 2.24. The molecule has 0 N–H and O–H groups in total. The Bertz CT molecular complexity index is 3470. The van der Waals surface area contributed by atoms with E-state index in [1.54, 1.807) is 0 Å². The van der Waals surface area contributed by atoms with Crippen molar-refractivity contribution in [2.75, 3.05) is 0 Å². The number of hydrogen-bond acceptors (Lipinski definition) is 5. The third-order valence-electron chi connectivity index (χ3n) is 10.5. The smallest absolute Gasteiger partial charge is 0.211 e. The van der Waals surface area contributed by atoms with Gasteiger partial charge in [0.1, 0.15) is 28.4 Å². The lowest BCUT2D eigenvalue weighted by atomic mass is 9.99. The van der Waals surface area contributed by atoms with Crippen molar-refractivity contribution >= 4 is 71.4 Å². The molecule has 0 saturated carbocycles. The molecule has 0 amide bonds. The molecule has 0 radical (unpaired) electrons. The molecule has 0 aliphatic carbocycles. The molecule has 7 heteroatoms. The average Bonchev–Trinajstić information content (AvgIpc) is 3.93. The van der Waals surface area contributed by atoms with Crippen LogP contribution in [0.4, 0.5) is 5.69 Å². The molecule has 0 unspecified atom stereocenters. The molecule has 7 nitrogen and oxygen atoms in total. The third-order valence-corrected chi connectivity index (χ3v) is 10.5. The summed E-state index contributed by atoms with van der Waals surface area (Å²) in [6, 6.07) is 52.2. The average molecular weight is 704 g/mol. The quantitative estimate of drug-likeness (QED) is 0.170. The standard InChI is InChI=1S/C48H25N5O2/c1-50-38-26-29(22-25-40(38)53-39-19-8-5-14-30(39)33-23-24-35-32-16-7-10-21-42(32)55-47(35)45(33)53)44-37(27-49)43(28-12-3-2-4-13-28)51-48(52-44)36-18-11-17-34-31-15-6-9-20-41(31)54-46(34)36/h2-26H. The van der Waals surface area contributed by atoms with Gasteiger partial charge in [0.25, 0.3) is 0 Å². The molecule has 55 heavy (non-hydrogen) atoms. The van der Waals surface area contributed by atoms with Crippen LogP contribution in [0.5, 0.6) is 0 Å². The van der Waals surface area contributed by atoms with Gasteiger partial charge in [-0.15, -0.1) is 0 Å². The molecule has 0 aliphatic heterocycles. The molecule has 11 rings (SSSR count). The van der Waals surface area contributed by atoms with Gasteiger partial charge in [0, 0.05) is 37.9 Å². The third kappa shape index (κ3) is 4.48. The highest BCUT2D eigenvalue weighted by molar-refractivity contribution is 6.21. The molecular weight excluding hydrogens is 679 g/mol. The minimum atomic E-state index is 0.316. The van der Waals surface area contributed by atoms with E-state index in [9.17, 15) is 5.26 Å². The van der Waals surface area contributed by atoms with Crippen molar-refractivity contribution < 1.29 is 8.83 Å². The largest absolute Gasteiger partial charge is 0.455 e. The summed E-state index contributed by atoms with van der Waals surface area (Å²) in [4.78, 5) is 14.2. The van der Waals surface area contributed by atoms with E-state index in [2.05, 4.69) is 45.8 Å². The summed E-state index contributed by atoms with van der Waals surface area (Å²) in [5.41, 5.74) is 9.29. The Morgan fingerprint density at radius 2 is 1.18 bits per heavy atom. The predicted molar refractivity (Wildman–Crippen MR) is 218 cm³/mol. The summed E-state index contributed by atoms with van der Waals surface area (Å²) < 4.78 is 15.1. The molecule has 0 saturated heterocycles. The van der Waals surface area contributed by atoms with Crippen LogP contribution in [0.15, 0.2) is 160 Å². The van der Waals surface area contributed by atoms with Gasteiger partial charge in [0.15, 0.2) is 11.4 Å². The fraction of sp³-hybridized carbons (Fsp3) is 0. The van der Waals surface area contributed by atoms with Gasteiger partial charge in [0.05, 0.1) is 40.2 Å². The van der Waals surface area contributed by atoms with Gasteiger partial charge in [-0.05, 0) is 48.0 Å². The second-order valence-electron chi connectivity index (χ2n) is 13.5. The fourth-order valence-electron chi connectivity index (χ4n) is 8.05. The SMILES string of the molecule is [C-]#[N+]c1cc(-c2nc(-c3cccc4c3oc3ccccc34)nc(-c3ccccc3)c2C#N)ccc1-n1c2ccccc2c2ccc3c4ccccc4oc3c21. The summed E-state index contributed by atoms with van der Waals surface area (Å²) in [6.45, 7) is 8.49. The van der Waals surface area contributed by atoms with Crippen molar-refractivity contribution in [1.29, 1.82) is 5.26 Å². The molecule has 7 aromatic carbocycles. The fourth-order valence-corrected chi connectivity index (χ4v) is 8.05. The molecule has 0 atom stereocenters. The maximum atomic E-state index is 10.8. The van der Waals surface area contributed by atoms with E-state index in [-0.39, 0.29) is 0 Å². The molecule has 4 aromatic heterocycles. The highest BCUT2D eigenvalue weighted by Crippen LogP contribution is 2.44. The van der Waals surface area contributed by atoms with Crippen molar-refractivity contribution in [2.45, 2.75) is 0 Å². The van der Waals surface area contributed by atoms with Gasteiger partial charge in [0.2, 0.25) is 5.69 Å². The summed E-state index contributed by atoms with van der Waals surface area (Å²) >= 11 is 0. The number of nitriles is 1. The summed E-state index contributed by atoms with van der Waals surface area (Å²) in [7, 11) is 0. The van der Waals surface area contributed by atoms with Crippen LogP contribution in [0.2, 0.25) is 0 Å². The Labute approximate surface area is 313 Å². The lowest BCUT2D eigenvalue weighted by molar-refractivity contribution is 0.669. The number of fused-ring (bicyclic) bond motifs is 10. The Kier molecular flexibility index (Phi) is 6.54. The topological polar surface area (TPSA) is 85.1 Å². The first-order valence-electron chi connectivity index (χ1n) is 17.8. The molecular formula is C48H25N5O2. The van der Waals surface area contributed by atoms with Gasteiger partial charge >= 0.3 is 0 Å². The number of rotatable bonds is 4. The minimum Gasteiger partial charge on any atom is -0.455 e. The number of benzene rings is 7. The molecule has 0 aliphatic rings. The van der Waals surface area contributed by atoms with Crippen LogP contribution in [-0.2, 0) is 0 Å². The molecule has 0 fully saturated rings. The Morgan fingerprint density at radius 1 is 0.564 bits per heavy atom. The van der Waals surface area contributed by atoms with Crippen LogP contribution in [-0.4, -0.2) is 14.5 Å². The number of furan rings is 2. The van der Waals surface area contributed by atoms with Gasteiger partial charge < -0.3 is 13.4 Å². The minimum absolute atomic E-state index is 0.316. The van der Waals surface area contributed by atoms with E-state index in [0.717, 1.165) is 65.7 Å². The zero-order chi connectivity index (χ0) is 36.6. The van der Waals surface area contributed by atoms with Crippen LogP contribution in [0.25, 0.3) is 110 Å². The zero-order valence-corrected chi connectivity index (χ0v) is 29.0. The lowest BCUT2D eigenvalue weighted by Gasteiger charge is -2.15. The van der Waals surface area contributed by atoms with Gasteiger partial charge in [-0.1, -0.05) is 109 Å². The number of para-hydroxylation sites is 4. The van der Waals surface area contributed by atoms with Gasteiger partial charge in [-0.2, -0.15) is 5.26 Å². The van der Waals surface area contributed by atoms with Gasteiger partial charge in [-0.25, -0.2) is 14.8 Å². The molecule has 254 valence electrons. The Morgan fingerprint density at radius 3 is 1.93 bits per heavy atom. The number of aromatic nitrogens is 3. The first kappa shape index (κ1) is 30.6. The summed E-state index contributed by atoms with van der Waals surface area (Å²) in [6.07, 6.45) is 0. The second-order valence-corrected chi connectivity index (χ2v) is 13.5. The van der Waals surface area contributed by atoms with E-state index in [0.29, 0.717) is 50.9 Å². The highest BCUT2D eigenvalue weighted by atomic mass is 16.3. The Balaban J connectivity index is 1.17. The maximum Gasteiger partial charge on any atom is 0.211 e. The maximum absolute atomic E-state index is 10.8. The van der Waals surface area contributed by atoms with Crippen LogP contribution in [0.3, 0.4) is 0 Å². The number of nitrogens with zero attached hydrogens (tertiary/aromatic N) is 5. The van der Waals surface area contributed by atoms with Crippen molar-refractivity contribution in [3.63, 3.8) is 0 Å². The van der Waals surface area contributed by atoms with E-state index < -0.39 is 0 Å². The van der Waals surface area contributed by atoms with Crippen molar-refractivity contribution in [1.82, 2.24) is 14.5 Å². The molecule has 11 aromatic rings. The van der Waals surface area contributed by atoms with E-state index in [4.69, 9.17) is 25.4 Å². The summed E-state index contributed by atoms with van der Waals surface area (Å²) in [5, 5.41) is 16.8. The molecule has 4 heterocycles. The predicted octanol–water partition coefficient (Wildman–Crippen LogP) is 12.8. The molecule has 0 spiro atoms.